The molecular weight excluding hydrogens is 587 g/mol. The third-order valence-electron chi connectivity index (χ3n) is 5.82. The second kappa shape index (κ2) is 12.6. The lowest BCUT2D eigenvalue weighted by molar-refractivity contribution is -0.450. The van der Waals surface area contributed by atoms with Crippen molar-refractivity contribution in [1.29, 1.82) is 0 Å². The SMILES string of the molecule is CO[C@@H](Cc1cnn2cc([C@@H]([NH3+])[C@@H](C)O[C@H](C)C(F)(F)F)nc2c1)N1C[C@@H](C(F)(F)F)NC1=O.O=C([O-])C(F)(F)F. The van der Waals surface area contributed by atoms with Crippen LogP contribution in [-0.2, 0) is 20.7 Å². The average Bonchev–Trinajstić information content (AvgIpc) is 3.44. The molecule has 5 atom stereocenters. The summed E-state index contributed by atoms with van der Waals surface area (Å²) in [6.07, 6.45) is -15.2. The molecule has 0 aliphatic carbocycles. The van der Waals surface area contributed by atoms with Gasteiger partial charge in [-0.3, -0.25) is 4.90 Å². The lowest BCUT2D eigenvalue weighted by atomic mass is 10.1. The standard InChI is InChI=1S/C19H24F6N6O3.C2HF3O2/c1-9(34-10(2)18(20,21)22)16(26)12-7-31-14(28-12)4-11(6-27-31)5-15(33-3)30-8-13(19(23,24)25)29-17(30)32;3-2(4,5)1(6)7/h4,6-7,9-10,13,15-16H,5,8,26H2,1-3H3,(H,29,32);(H,6,7)/t9-,10-,13+,15+,16+;/m1./s1. The molecule has 0 unspecified atom stereocenters. The zero-order valence-corrected chi connectivity index (χ0v) is 21.5. The minimum Gasteiger partial charge on any atom is -0.542 e. The summed E-state index contributed by atoms with van der Waals surface area (Å²) in [6, 6.07) is -2.03. The molecule has 20 heteroatoms. The first-order valence-electron chi connectivity index (χ1n) is 11.5. The summed E-state index contributed by atoms with van der Waals surface area (Å²) < 4.78 is 120. The molecular formula is C21H25F9N6O5. The van der Waals surface area contributed by atoms with Gasteiger partial charge in [-0.25, -0.2) is 14.3 Å². The maximum absolute atomic E-state index is 13.0. The second-order valence-electron chi connectivity index (χ2n) is 8.84. The van der Waals surface area contributed by atoms with Gasteiger partial charge in [0.05, 0.1) is 18.9 Å². The summed E-state index contributed by atoms with van der Waals surface area (Å²) in [6.45, 7) is 1.77. The lowest BCUT2D eigenvalue weighted by Gasteiger charge is -2.25. The average molecular weight is 612 g/mol. The molecule has 11 nitrogen and oxygen atoms in total. The summed E-state index contributed by atoms with van der Waals surface area (Å²) in [7, 11) is 1.27. The van der Waals surface area contributed by atoms with Crippen LogP contribution in [0, 0.1) is 0 Å². The number of hydrogen-bond donors (Lipinski definition) is 2. The van der Waals surface area contributed by atoms with Crippen molar-refractivity contribution in [3.8, 4) is 0 Å². The quantitative estimate of drug-likeness (QED) is 0.425. The first-order valence-corrected chi connectivity index (χ1v) is 11.5. The van der Waals surface area contributed by atoms with Crippen LogP contribution in [0.25, 0.3) is 5.65 Å². The summed E-state index contributed by atoms with van der Waals surface area (Å²) in [5.41, 5.74) is 5.06. The van der Waals surface area contributed by atoms with Crippen LogP contribution in [-0.4, -0.2) is 88.2 Å². The molecule has 3 heterocycles. The van der Waals surface area contributed by atoms with E-state index < -0.39 is 67.6 Å². The maximum Gasteiger partial charge on any atom is 0.430 e. The number of aliphatic carboxylic acids is 1. The first kappa shape index (κ1) is 33.8. The fourth-order valence-electron chi connectivity index (χ4n) is 3.47. The fraction of sp³-hybridized carbons (Fsp3) is 0.619. The van der Waals surface area contributed by atoms with Gasteiger partial charge in [0, 0.05) is 13.5 Å². The van der Waals surface area contributed by atoms with Crippen LogP contribution in [0.1, 0.15) is 31.1 Å². The van der Waals surface area contributed by atoms with Crippen LogP contribution >= 0.6 is 0 Å². The predicted octanol–water partition coefficient (Wildman–Crippen LogP) is 1.14. The highest BCUT2D eigenvalue weighted by Gasteiger charge is 2.48. The number of halogens is 9. The van der Waals surface area contributed by atoms with E-state index in [0.29, 0.717) is 16.9 Å². The van der Waals surface area contributed by atoms with E-state index in [4.69, 9.17) is 19.4 Å². The number of imidazole rings is 1. The molecule has 3 rings (SSSR count). The molecule has 0 radical (unpaired) electrons. The molecule has 1 saturated heterocycles. The normalized spacial score (nSPS) is 19.3. The summed E-state index contributed by atoms with van der Waals surface area (Å²) in [5.74, 6) is -3.01. The highest BCUT2D eigenvalue weighted by atomic mass is 19.4. The van der Waals surface area contributed by atoms with E-state index in [1.54, 1.807) is 6.07 Å². The number of hydrogen-bond acceptors (Lipinski definition) is 7. The number of carboxylic acid groups (broad SMARTS) is 1. The molecule has 4 N–H and O–H groups in total. The number of nitrogens with zero attached hydrogens (tertiary/aromatic N) is 4. The van der Waals surface area contributed by atoms with Gasteiger partial charge in [0.2, 0.25) is 0 Å². The Morgan fingerprint density at radius 1 is 1.20 bits per heavy atom. The van der Waals surface area contributed by atoms with Crippen molar-refractivity contribution in [3.63, 3.8) is 0 Å². The van der Waals surface area contributed by atoms with Gasteiger partial charge in [-0.15, -0.1) is 0 Å². The van der Waals surface area contributed by atoms with Gasteiger partial charge in [-0.2, -0.15) is 44.6 Å². The number of quaternary nitrogens is 1. The number of ether oxygens (including phenoxy) is 2. The number of nitrogens with one attached hydrogen (secondary N) is 1. The monoisotopic (exact) mass is 612 g/mol. The highest BCUT2D eigenvalue weighted by molar-refractivity contribution is 5.77. The van der Waals surface area contributed by atoms with Gasteiger partial charge in [-0.1, -0.05) is 0 Å². The number of carbonyl (C=O) groups excluding carboxylic acids is 2. The molecule has 0 bridgehead atoms. The minimum absolute atomic E-state index is 0.0383. The Morgan fingerprint density at radius 2 is 1.78 bits per heavy atom. The predicted molar refractivity (Wildman–Crippen MR) is 115 cm³/mol. The molecule has 0 saturated carbocycles. The zero-order chi connectivity index (χ0) is 31.5. The zero-order valence-electron chi connectivity index (χ0n) is 21.5. The van der Waals surface area contributed by atoms with Crippen molar-refractivity contribution in [2.45, 2.75) is 69.3 Å². The van der Waals surface area contributed by atoms with Crippen molar-refractivity contribution >= 4 is 17.6 Å². The molecule has 1 aliphatic rings. The van der Waals surface area contributed by atoms with Crippen molar-refractivity contribution in [3.05, 3.63) is 29.7 Å². The van der Waals surface area contributed by atoms with E-state index in [1.165, 1.54) is 30.9 Å². The van der Waals surface area contributed by atoms with Gasteiger partial charge < -0.3 is 30.4 Å². The van der Waals surface area contributed by atoms with Crippen molar-refractivity contribution < 1.29 is 69.4 Å². The summed E-state index contributed by atoms with van der Waals surface area (Å²) in [4.78, 5) is 26.1. The van der Waals surface area contributed by atoms with E-state index >= 15 is 0 Å². The minimum atomic E-state index is -5.19. The Labute approximate surface area is 225 Å². The molecule has 2 aromatic heterocycles. The topological polar surface area (TPSA) is 149 Å². The van der Waals surface area contributed by atoms with Crippen molar-refractivity contribution in [2.75, 3.05) is 13.7 Å². The van der Waals surface area contributed by atoms with E-state index in [0.717, 1.165) is 11.8 Å². The smallest absolute Gasteiger partial charge is 0.430 e. The second-order valence-corrected chi connectivity index (χ2v) is 8.84. The van der Waals surface area contributed by atoms with Crippen molar-refractivity contribution in [1.82, 2.24) is 24.8 Å². The number of carbonyl (C=O) groups is 2. The van der Waals surface area contributed by atoms with E-state index in [1.807, 2.05) is 5.32 Å². The van der Waals surface area contributed by atoms with E-state index in [9.17, 15) is 44.3 Å². The van der Waals surface area contributed by atoms with Crippen LogP contribution < -0.4 is 16.2 Å². The fourth-order valence-corrected chi connectivity index (χ4v) is 3.47. The van der Waals surface area contributed by atoms with E-state index in [2.05, 4.69) is 15.8 Å². The molecule has 41 heavy (non-hydrogen) atoms. The Hall–Kier alpha value is -3.39. The lowest BCUT2D eigenvalue weighted by Crippen LogP contribution is -2.59. The number of fused-ring (bicyclic) bond motifs is 1. The van der Waals surface area contributed by atoms with Crippen LogP contribution in [0.3, 0.4) is 0 Å². The summed E-state index contributed by atoms with van der Waals surface area (Å²) in [5, 5.41) is 14.9. The van der Waals surface area contributed by atoms with Crippen molar-refractivity contribution in [2.24, 2.45) is 0 Å². The third-order valence-corrected chi connectivity index (χ3v) is 5.82. The third kappa shape index (κ3) is 9.05. The number of aromatic nitrogens is 3. The van der Waals surface area contributed by atoms with Gasteiger partial charge in [-0.05, 0) is 25.5 Å². The van der Waals surface area contributed by atoms with Crippen LogP contribution in [0.5, 0.6) is 0 Å². The highest BCUT2D eigenvalue weighted by Crippen LogP contribution is 2.27. The molecule has 0 aromatic carbocycles. The van der Waals surface area contributed by atoms with Crippen LogP contribution in [0.15, 0.2) is 18.5 Å². The number of amides is 2. The molecule has 232 valence electrons. The number of carboxylic acids is 1. The first-order chi connectivity index (χ1) is 18.6. The summed E-state index contributed by atoms with van der Waals surface area (Å²) >= 11 is 0. The Balaban J connectivity index is 0.000000745. The number of rotatable bonds is 8. The molecule has 1 aliphatic heterocycles. The van der Waals surface area contributed by atoms with Gasteiger partial charge >= 0.3 is 24.6 Å². The molecule has 0 spiro atoms. The largest absolute Gasteiger partial charge is 0.542 e. The van der Waals surface area contributed by atoms with Gasteiger partial charge in [0.15, 0.2) is 17.8 Å². The number of urea groups is 1. The molecule has 2 amide bonds. The molecule has 2 aromatic rings. The van der Waals surface area contributed by atoms with Gasteiger partial charge in [0.25, 0.3) is 0 Å². The van der Waals surface area contributed by atoms with Crippen LogP contribution in [0.2, 0.25) is 0 Å². The van der Waals surface area contributed by atoms with Crippen LogP contribution in [0.4, 0.5) is 44.3 Å². The number of methoxy groups -OCH3 is 1. The Kier molecular flexibility index (Phi) is 10.4. The van der Waals surface area contributed by atoms with E-state index in [-0.39, 0.29) is 6.42 Å². The maximum atomic E-state index is 13.0. The number of alkyl halides is 9. The Bertz CT molecular complexity index is 1200. The van der Waals surface area contributed by atoms with Gasteiger partial charge in [0.1, 0.15) is 30.0 Å². The Morgan fingerprint density at radius 3 is 2.24 bits per heavy atom. The molecule has 1 fully saturated rings.